The number of rotatable bonds is 5. The minimum atomic E-state index is -0.0234. The van der Waals surface area contributed by atoms with Gasteiger partial charge in [-0.2, -0.15) is 0 Å². The van der Waals surface area contributed by atoms with Crippen molar-refractivity contribution in [2.24, 2.45) is 0 Å². The van der Waals surface area contributed by atoms with Crippen molar-refractivity contribution in [1.82, 2.24) is 0 Å². The number of benzene rings is 3. The van der Waals surface area contributed by atoms with Crippen LogP contribution in [0.1, 0.15) is 46.8 Å². The van der Waals surface area contributed by atoms with E-state index in [9.17, 15) is 9.59 Å². The first-order valence-electron chi connectivity index (χ1n) is 9.66. The maximum Gasteiger partial charge on any atom is 0.194 e. The Bertz CT molecular complexity index is 1160. The average molecular weight is 400 g/mol. The summed E-state index contributed by atoms with van der Waals surface area (Å²) in [6.45, 7) is 2.83. The Morgan fingerprint density at radius 1 is 0.862 bits per heavy atom. The van der Waals surface area contributed by atoms with Gasteiger partial charge in [0.15, 0.2) is 11.0 Å². The third-order valence-corrected chi connectivity index (χ3v) is 5.76. The monoisotopic (exact) mass is 400 g/mol. The van der Waals surface area contributed by atoms with E-state index in [0.29, 0.717) is 17.7 Å². The molecule has 3 aromatic carbocycles. The van der Waals surface area contributed by atoms with Gasteiger partial charge in [0.05, 0.1) is 11.5 Å². The summed E-state index contributed by atoms with van der Waals surface area (Å²) in [6, 6.07) is 21.0. The van der Waals surface area contributed by atoms with Crippen LogP contribution in [0.5, 0.6) is 5.75 Å². The van der Waals surface area contributed by atoms with Crippen molar-refractivity contribution < 1.29 is 14.3 Å². The van der Waals surface area contributed by atoms with Crippen molar-refractivity contribution in [2.45, 2.75) is 19.8 Å². The number of unbranched alkanes of at least 4 members (excludes halogenated alkanes) is 1. The van der Waals surface area contributed by atoms with E-state index in [1.807, 2.05) is 72.0 Å². The van der Waals surface area contributed by atoms with Gasteiger partial charge in [-0.15, -0.1) is 0 Å². The van der Waals surface area contributed by atoms with E-state index >= 15 is 0 Å². The fourth-order valence-corrected chi connectivity index (χ4v) is 4.25. The van der Waals surface area contributed by atoms with Gasteiger partial charge in [0.1, 0.15) is 5.75 Å². The zero-order chi connectivity index (χ0) is 20.2. The normalized spacial score (nSPS) is 12.0. The lowest BCUT2D eigenvalue weighted by Crippen LogP contribution is -2.21. The number of ether oxygens (including phenoxy) is 1. The van der Waals surface area contributed by atoms with Crippen molar-refractivity contribution in [2.75, 3.05) is 6.61 Å². The molecule has 0 spiro atoms. The Morgan fingerprint density at radius 2 is 1.55 bits per heavy atom. The highest BCUT2D eigenvalue weighted by molar-refractivity contribution is 7.97. The van der Waals surface area contributed by atoms with Gasteiger partial charge < -0.3 is 4.74 Å². The molecule has 0 saturated carbocycles. The van der Waals surface area contributed by atoms with Gasteiger partial charge in [-0.3, -0.25) is 4.79 Å². The van der Waals surface area contributed by atoms with Crippen LogP contribution in [0.2, 0.25) is 0 Å². The van der Waals surface area contributed by atoms with Crippen LogP contribution >= 0.6 is 10.9 Å². The lowest BCUT2D eigenvalue weighted by atomic mass is 9.81. The summed E-state index contributed by atoms with van der Waals surface area (Å²) in [4.78, 5) is 25.3. The number of hydrogen-bond donors (Lipinski definition) is 0. The molecule has 1 aliphatic rings. The minimum absolute atomic E-state index is 0.0234. The number of hydrogen-bond acceptors (Lipinski definition) is 3. The lowest BCUT2D eigenvalue weighted by Gasteiger charge is -2.22. The van der Waals surface area contributed by atoms with Crippen molar-refractivity contribution in [3.63, 3.8) is 0 Å². The van der Waals surface area contributed by atoms with E-state index in [4.69, 9.17) is 4.74 Å². The predicted octanol–water partition coefficient (Wildman–Crippen LogP) is 5.45. The van der Waals surface area contributed by atoms with Crippen LogP contribution < -0.4 is 4.74 Å². The zero-order valence-corrected chi connectivity index (χ0v) is 16.9. The van der Waals surface area contributed by atoms with Gasteiger partial charge in [0.25, 0.3) is 0 Å². The molecular formula is C25H20O3S. The quantitative estimate of drug-likeness (QED) is 0.331. The smallest absolute Gasteiger partial charge is 0.194 e. The first-order valence-corrected chi connectivity index (χ1v) is 10.5. The van der Waals surface area contributed by atoms with E-state index in [2.05, 4.69) is 6.92 Å². The largest absolute Gasteiger partial charge is 0.494 e. The number of carbonyl (C=O) groups excluding carboxylic acids is 2. The van der Waals surface area contributed by atoms with Crippen LogP contribution in [0.4, 0.5) is 0 Å². The molecule has 4 rings (SSSR count). The second kappa shape index (κ2) is 8.44. The molecule has 3 nitrogen and oxygen atoms in total. The Labute approximate surface area is 173 Å². The van der Waals surface area contributed by atoms with Crippen molar-refractivity contribution in [1.29, 1.82) is 0 Å². The summed E-state index contributed by atoms with van der Waals surface area (Å²) >= 11 is 0. The molecule has 0 heterocycles. The van der Waals surface area contributed by atoms with Gasteiger partial charge in [-0.25, -0.2) is 4.79 Å². The van der Waals surface area contributed by atoms with Gasteiger partial charge in [-0.05, 0) is 40.6 Å². The molecule has 29 heavy (non-hydrogen) atoms. The predicted molar refractivity (Wildman–Crippen MR) is 119 cm³/mol. The molecule has 0 aromatic heterocycles. The Hall–Kier alpha value is -3.20. The standard InChI is InChI=1S/C25H20O3S/c1-2-3-15-28-18-13-11-17(12-14-18)19-9-6-10-22-23(19)24(27)20-7-4-5-8-21(20)25(22)29-16-26/h4-14H,2-3,15H2,1H3. The third kappa shape index (κ3) is 3.61. The molecule has 0 N–H and O–H groups in total. The van der Waals surface area contributed by atoms with E-state index in [1.54, 1.807) is 0 Å². The van der Waals surface area contributed by atoms with Gasteiger partial charge >= 0.3 is 0 Å². The van der Waals surface area contributed by atoms with E-state index in [0.717, 1.165) is 56.6 Å². The Kier molecular flexibility index (Phi) is 5.57. The lowest BCUT2D eigenvalue weighted by molar-refractivity contribution is 0.103. The topological polar surface area (TPSA) is 43.4 Å². The molecule has 0 amide bonds. The van der Waals surface area contributed by atoms with Crippen LogP contribution in [0.3, 0.4) is 0 Å². The second-order valence-corrected chi connectivity index (χ2v) is 7.62. The molecule has 0 radical (unpaired) electrons. The zero-order valence-electron chi connectivity index (χ0n) is 16.1. The van der Waals surface area contributed by atoms with Crippen molar-refractivity contribution in [3.8, 4) is 16.9 Å². The first kappa shape index (κ1) is 19.1. The van der Waals surface area contributed by atoms with E-state index in [-0.39, 0.29) is 5.78 Å². The molecule has 0 saturated heterocycles. The molecule has 144 valence electrons. The second-order valence-electron chi connectivity index (χ2n) is 6.84. The van der Waals surface area contributed by atoms with Gasteiger partial charge in [0.2, 0.25) is 0 Å². The summed E-state index contributed by atoms with van der Waals surface area (Å²) in [7, 11) is 0.996. The maximum absolute atomic E-state index is 13.3. The van der Waals surface area contributed by atoms with E-state index in [1.165, 1.54) is 0 Å². The molecular weight excluding hydrogens is 380 g/mol. The summed E-state index contributed by atoms with van der Waals surface area (Å²) in [5, 5.41) is 1.93. The van der Waals surface area contributed by atoms with Crippen LogP contribution in [-0.2, 0) is 4.79 Å². The van der Waals surface area contributed by atoms with Crippen LogP contribution in [0.25, 0.3) is 11.1 Å². The molecule has 0 atom stereocenters. The van der Waals surface area contributed by atoms with Gasteiger partial charge in [0, 0.05) is 22.3 Å². The Balaban J connectivity index is 1.82. The highest BCUT2D eigenvalue weighted by Gasteiger charge is 2.29. The summed E-state index contributed by atoms with van der Waals surface area (Å²) in [5.74, 6) is 0.798. The molecule has 1 aliphatic carbocycles. The average Bonchev–Trinajstić information content (AvgIpc) is 2.77. The fourth-order valence-electron chi connectivity index (χ4n) is 3.60. The summed E-state index contributed by atoms with van der Waals surface area (Å²) < 4.78 is 5.75. The first-order chi connectivity index (χ1) is 14.2. The highest BCUT2D eigenvalue weighted by Crippen LogP contribution is 2.35. The SMILES string of the molecule is CCCCOc1ccc(-c2cccc3c2C(=O)c2ccccc2C3=S=C=O)cc1. The maximum atomic E-state index is 13.3. The highest BCUT2D eigenvalue weighted by atomic mass is 32.1. The fraction of sp³-hybridized carbons (Fsp3) is 0.160. The number of ketones is 1. The van der Waals surface area contributed by atoms with Gasteiger partial charge in [-0.1, -0.05) is 67.9 Å². The van der Waals surface area contributed by atoms with Crippen LogP contribution in [-0.4, -0.2) is 22.5 Å². The van der Waals surface area contributed by atoms with Crippen molar-refractivity contribution in [3.05, 3.63) is 89.0 Å². The molecule has 4 heteroatoms. The summed E-state index contributed by atoms with van der Waals surface area (Å²) in [6.07, 6.45) is 2.11. The molecule has 0 unspecified atom stereocenters. The molecule has 0 fully saturated rings. The number of fused-ring (bicyclic) bond motifs is 2. The van der Waals surface area contributed by atoms with Crippen LogP contribution in [0.15, 0.2) is 66.7 Å². The Morgan fingerprint density at radius 3 is 2.28 bits per heavy atom. The van der Waals surface area contributed by atoms with Crippen molar-refractivity contribution >= 4 is 26.8 Å². The summed E-state index contributed by atoms with van der Waals surface area (Å²) in [5.41, 5.74) is 4.61. The van der Waals surface area contributed by atoms with E-state index < -0.39 is 0 Å². The molecule has 0 aliphatic heterocycles. The van der Waals surface area contributed by atoms with Crippen LogP contribution in [0, 0.1) is 0 Å². The third-order valence-electron chi connectivity index (χ3n) is 5.03. The number of carbonyl (C=O) groups is 1. The molecule has 0 bridgehead atoms. The minimum Gasteiger partial charge on any atom is -0.494 e. The molecule has 3 aromatic rings.